The van der Waals surface area contributed by atoms with Crippen molar-refractivity contribution in [3.63, 3.8) is 0 Å². The lowest BCUT2D eigenvalue weighted by atomic mass is 9.80. The molecule has 0 aromatic heterocycles. The highest BCUT2D eigenvalue weighted by atomic mass is 32.2. The van der Waals surface area contributed by atoms with Crippen molar-refractivity contribution in [3.05, 3.63) is 29.8 Å². The Hall–Kier alpha value is -1.42. The van der Waals surface area contributed by atoms with Gasteiger partial charge in [0, 0.05) is 13.7 Å². The normalized spacial score (nSPS) is 17.5. The second-order valence-corrected chi connectivity index (χ2v) is 6.47. The van der Waals surface area contributed by atoms with E-state index in [1.807, 2.05) is 6.07 Å². The summed E-state index contributed by atoms with van der Waals surface area (Å²) in [6.45, 7) is 0.284. The van der Waals surface area contributed by atoms with Gasteiger partial charge in [-0.2, -0.15) is 5.26 Å². The van der Waals surface area contributed by atoms with Crippen molar-refractivity contribution in [2.45, 2.75) is 29.8 Å². The van der Waals surface area contributed by atoms with Crippen LogP contribution in [0.4, 0.5) is 0 Å². The molecule has 1 aliphatic carbocycles. The Bertz CT molecular complexity index is 578. The van der Waals surface area contributed by atoms with Crippen LogP contribution >= 0.6 is 0 Å². The third kappa shape index (κ3) is 2.95. The van der Waals surface area contributed by atoms with E-state index >= 15 is 0 Å². The van der Waals surface area contributed by atoms with Gasteiger partial charge in [-0.3, -0.25) is 0 Å². The fourth-order valence-corrected chi connectivity index (χ4v) is 3.16. The van der Waals surface area contributed by atoms with Crippen molar-refractivity contribution < 1.29 is 13.2 Å². The smallest absolute Gasteiger partial charge is 0.240 e. The highest BCUT2D eigenvalue weighted by molar-refractivity contribution is 7.89. The van der Waals surface area contributed by atoms with Crippen molar-refractivity contribution in [3.8, 4) is 6.07 Å². The number of methoxy groups -OCH3 is 1. The Morgan fingerprint density at radius 1 is 1.37 bits per heavy atom. The van der Waals surface area contributed by atoms with Gasteiger partial charge in [0.2, 0.25) is 10.0 Å². The highest BCUT2D eigenvalue weighted by Crippen LogP contribution is 2.34. The van der Waals surface area contributed by atoms with Crippen molar-refractivity contribution >= 4 is 10.0 Å². The predicted molar refractivity (Wildman–Crippen MR) is 69.9 cm³/mol. The second-order valence-electron chi connectivity index (χ2n) is 4.70. The summed E-state index contributed by atoms with van der Waals surface area (Å²) in [5.41, 5.74) is 0.0888. The van der Waals surface area contributed by atoms with Gasteiger partial charge >= 0.3 is 0 Å². The molecule has 0 aliphatic heterocycles. The van der Waals surface area contributed by atoms with Gasteiger partial charge in [0.05, 0.1) is 22.1 Å². The molecule has 0 heterocycles. The van der Waals surface area contributed by atoms with Crippen molar-refractivity contribution in [1.82, 2.24) is 4.72 Å². The molecule has 19 heavy (non-hydrogen) atoms. The molecular weight excluding hydrogens is 264 g/mol. The Morgan fingerprint density at radius 3 is 2.42 bits per heavy atom. The lowest BCUT2D eigenvalue weighted by Crippen LogP contribution is -2.49. The van der Waals surface area contributed by atoms with E-state index in [2.05, 4.69) is 4.72 Å². The molecule has 1 N–H and O–H groups in total. The van der Waals surface area contributed by atoms with Gasteiger partial charge in [0.15, 0.2) is 0 Å². The van der Waals surface area contributed by atoms with Gasteiger partial charge in [-0.15, -0.1) is 0 Å². The number of ether oxygens (including phenoxy) is 1. The van der Waals surface area contributed by atoms with Crippen LogP contribution in [-0.4, -0.2) is 27.7 Å². The van der Waals surface area contributed by atoms with E-state index in [1.54, 1.807) is 7.11 Å². The van der Waals surface area contributed by atoms with Crippen molar-refractivity contribution in [1.29, 1.82) is 5.26 Å². The molecule has 0 unspecified atom stereocenters. The minimum Gasteiger partial charge on any atom is -0.377 e. The van der Waals surface area contributed by atoms with Crippen LogP contribution < -0.4 is 4.72 Å². The standard InChI is InChI=1S/C13H16N2O3S/c1-18-13(7-2-8-13)10-15-19(16,17)12-5-3-11(9-14)4-6-12/h3-6,15H,2,7-8,10H2,1H3. The average molecular weight is 280 g/mol. The third-order valence-electron chi connectivity index (χ3n) is 3.58. The summed E-state index contributed by atoms with van der Waals surface area (Å²) in [7, 11) is -1.94. The maximum absolute atomic E-state index is 12.1. The Kier molecular flexibility index (Phi) is 3.90. The van der Waals surface area contributed by atoms with Gasteiger partial charge in [-0.25, -0.2) is 13.1 Å². The molecule has 1 aromatic carbocycles. The van der Waals surface area contributed by atoms with E-state index in [9.17, 15) is 8.42 Å². The van der Waals surface area contributed by atoms with E-state index < -0.39 is 10.0 Å². The minimum atomic E-state index is -3.54. The van der Waals surface area contributed by atoms with Gasteiger partial charge in [0.25, 0.3) is 0 Å². The molecule has 5 nitrogen and oxygen atoms in total. The Labute approximate surface area is 113 Å². The van der Waals surface area contributed by atoms with Crippen molar-refractivity contribution in [2.75, 3.05) is 13.7 Å². The molecular formula is C13H16N2O3S. The maximum atomic E-state index is 12.1. The van der Waals surface area contributed by atoms with Gasteiger partial charge in [-0.05, 0) is 43.5 Å². The molecule has 0 spiro atoms. The summed E-state index contributed by atoms with van der Waals surface area (Å²) in [6, 6.07) is 7.80. The van der Waals surface area contributed by atoms with Crippen LogP contribution in [-0.2, 0) is 14.8 Å². The molecule has 1 saturated carbocycles. The summed E-state index contributed by atoms with van der Waals surface area (Å²) >= 11 is 0. The first-order valence-corrected chi connectivity index (χ1v) is 7.55. The lowest BCUT2D eigenvalue weighted by Gasteiger charge is -2.40. The summed E-state index contributed by atoms with van der Waals surface area (Å²) in [5, 5.41) is 8.68. The SMILES string of the molecule is COC1(CNS(=O)(=O)c2ccc(C#N)cc2)CCC1. The van der Waals surface area contributed by atoms with Crippen LogP contribution in [0.2, 0.25) is 0 Å². The minimum absolute atomic E-state index is 0.164. The molecule has 0 radical (unpaired) electrons. The maximum Gasteiger partial charge on any atom is 0.240 e. The van der Waals surface area contributed by atoms with Crippen LogP contribution in [0.1, 0.15) is 24.8 Å². The number of benzene rings is 1. The molecule has 2 rings (SSSR count). The number of nitrogens with one attached hydrogen (secondary N) is 1. The monoisotopic (exact) mass is 280 g/mol. The van der Waals surface area contributed by atoms with Gasteiger partial charge in [-0.1, -0.05) is 0 Å². The van der Waals surface area contributed by atoms with E-state index in [-0.39, 0.29) is 17.0 Å². The van der Waals surface area contributed by atoms with Gasteiger partial charge in [0.1, 0.15) is 0 Å². The summed E-state index contributed by atoms with van der Waals surface area (Å²) in [4.78, 5) is 0.164. The van der Waals surface area contributed by atoms with Crippen molar-refractivity contribution in [2.24, 2.45) is 0 Å². The van der Waals surface area contributed by atoms with Crippen LogP contribution in [0.5, 0.6) is 0 Å². The number of hydrogen-bond donors (Lipinski definition) is 1. The first kappa shape index (κ1) is 14.0. The zero-order valence-corrected chi connectivity index (χ0v) is 11.5. The molecule has 1 aliphatic rings. The number of nitriles is 1. The molecule has 1 aromatic rings. The number of nitrogens with zero attached hydrogens (tertiary/aromatic N) is 1. The quantitative estimate of drug-likeness (QED) is 0.884. The van der Waals surface area contributed by atoms with Gasteiger partial charge < -0.3 is 4.74 Å². The summed E-state index contributed by atoms with van der Waals surface area (Å²) in [5.74, 6) is 0. The fourth-order valence-electron chi connectivity index (χ4n) is 2.04. The number of sulfonamides is 1. The van der Waals surface area contributed by atoms with Crippen LogP contribution in [0, 0.1) is 11.3 Å². The predicted octanol–water partition coefficient (Wildman–Crippen LogP) is 1.41. The first-order valence-electron chi connectivity index (χ1n) is 6.06. The lowest BCUT2D eigenvalue weighted by molar-refractivity contribution is -0.0659. The fraction of sp³-hybridized carbons (Fsp3) is 0.462. The van der Waals surface area contributed by atoms with E-state index in [0.717, 1.165) is 19.3 Å². The molecule has 0 saturated heterocycles. The molecule has 102 valence electrons. The van der Waals surface area contributed by atoms with E-state index in [1.165, 1.54) is 24.3 Å². The van der Waals surface area contributed by atoms with Crippen LogP contribution in [0.3, 0.4) is 0 Å². The second kappa shape index (κ2) is 5.29. The summed E-state index contributed by atoms with van der Waals surface area (Å²) < 4.78 is 32.1. The van der Waals surface area contributed by atoms with Crippen LogP contribution in [0.25, 0.3) is 0 Å². The molecule has 0 bridgehead atoms. The molecule has 0 amide bonds. The number of hydrogen-bond acceptors (Lipinski definition) is 4. The van der Waals surface area contributed by atoms with Crippen LogP contribution in [0.15, 0.2) is 29.2 Å². The van der Waals surface area contributed by atoms with E-state index in [0.29, 0.717) is 5.56 Å². The van der Waals surface area contributed by atoms with E-state index in [4.69, 9.17) is 10.00 Å². The molecule has 6 heteroatoms. The zero-order chi connectivity index (χ0) is 13.9. The molecule has 1 fully saturated rings. The average Bonchev–Trinajstić information content (AvgIpc) is 2.38. The highest BCUT2D eigenvalue weighted by Gasteiger charge is 2.37. The Balaban J connectivity index is 2.07. The third-order valence-corrected chi connectivity index (χ3v) is 4.99. The topological polar surface area (TPSA) is 79.2 Å². The number of rotatable bonds is 5. The zero-order valence-electron chi connectivity index (χ0n) is 10.7. The largest absolute Gasteiger partial charge is 0.377 e. The first-order chi connectivity index (χ1) is 9.01. The summed E-state index contributed by atoms with van der Waals surface area (Å²) in [6.07, 6.45) is 2.81. The molecule has 0 atom stereocenters. The Morgan fingerprint density at radius 2 is 2.00 bits per heavy atom.